The Hall–Kier alpha value is -1.81. The Morgan fingerprint density at radius 3 is 2.36 bits per heavy atom. The maximum absolute atomic E-state index is 12.9. The Balaban J connectivity index is 2.34. The summed E-state index contributed by atoms with van der Waals surface area (Å²) < 4.78 is 11.5. The van der Waals surface area contributed by atoms with Gasteiger partial charge in [0.25, 0.3) is 0 Å². The molecular weight excluding hydrogens is 296 g/mol. The van der Waals surface area contributed by atoms with E-state index >= 15 is 0 Å². The van der Waals surface area contributed by atoms with Crippen molar-refractivity contribution in [3.05, 3.63) is 59.0 Å². The van der Waals surface area contributed by atoms with Crippen molar-refractivity contribution in [2.24, 2.45) is 0 Å². The van der Waals surface area contributed by atoms with Gasteiger partial charge in [0.1, 0.15) is 4.75 Å². The van der Waals surface area contributed by atoms with Gasteiger partial charge in [0, 0.05) is 19.8 Å². The van der Waals surface area contributed by atoms with Crippen LogP contribution in [0.5, 0.6) is 0 Å². The second-order valence-corrected chi connectivity index (χ2v) is 9.26. The van der Waals surface area contributed by atoms with Crippen LogP contribution in [0.3, 0.4) is 0 Å². The van der Waals surface area contributed by atoms with E-state index in [0.717, 1.165) is 0 Å². The molecule has 0 amide bonds. The SMILES string of the molecule is C=S(=O)(C1=CCC(C)(c2ccccc2)C=C1)C(C)(C)C(=O)O. The molecule has 0 aliphatic heterocycles. The minimum Gasteiger partial charge on any atom is -0.480 e. The monoisotopic (exact) mass is 318 g/mol. The molecule has 1 aromatic carbocycles. The number of hydrogen-bond donors (Lipinski definition) is 1. The number of carboxylic acids is 1. The minimum absolute atomic E-state index is 0.173. The second kappa shape index (κ2) is 5.43. The van der Waals surface area contributed by atoms with Gasteiger partial charge in [-0.25, -0.2) is 0 Å². The first-order valence-corrected chi connectivity index (χ1v) is 8.89. The number of aliphatic carboxylic acids is 1. The molecule has 22 heavy (non-hydrogen) atoms. The van der Waals surface area contributed by atoms with Crippen molar-refractivity contribution in [2.45, 2.75) is 37.4 Å². The maximum atomic E-state index is 12.9. The molecule has 0 fully saturated rings. The van der Waals surface area contributed by atoms with E-state index in [9.17, 15) is 14.1 Å². The minimum atomic E-state index is -2.92. The average molecular weight is 318 g/mol. The molecule has 118 valence electrons. The van der Waals surface area contributed by atoms with Gasteiger partial charge in [-0.15, -0.1) is 0 Å². The largest absolute Gasteiger partial charge is 0.480 e. The third-order valence-corrected chi connectivity index (χ3v) is 7.38. The summed E-state index contributed by atoms with van der Waals surface area (Å²) in [7, 11) is -2.92. The summed E-state index contributed by atoms with van der Waals surface area (Å²) in [6.07, 6.45) is 6.31. The van der Waals surface area contributed by atoms with Crippen LogP contribution in [-0.4, -0.2) is 25.9 Å². The zero-order chi connectivity index (χ0) is 16.6. The van der Waals surface area contributed by atoms with Crippen molar-refractivity contribution in [1.82, 2.24) is 0 Å². The van der Waals surface area contributed by atoms with Gasteiger partial charge >= 0.3 is 5.97 Å². The Morgan fingerprint density at radius 1 is 1.32 bits per heavy atom. The van der Waals surface area contributed by atoms with Crippen LogP contribution in [0.25, 0.3) is 0 Å². The first kappa shape index (κ1) is 16.6. The zero-order valence-corrected chi connectivity index (χ0v) is 14.0. The Kier molecular flexibility index (Phi) is 4.09. The van der Waals surface area contributed by atoms with Crippen LogP contribution in [0, 0.1) is 0 Å². The molecule has 4 heteroatoms. The molecule has 2 atom stereocenters. The predicted octanol–water partition coefficient (Wildman–Crippen LogP) is 3.37. The van der Waals surface area contributed by atoms with E-state index in [2.05, 4.69) is 24.9 Å². The molecule has 3 nitrogen and oxygen atoms in total. The van der Waals surface area contributed by atoms with Crippen molar-refractivity contribution < 1.29 is 14.1 Å². The fraction of sp³-hybridized carbons (Fsp3) is 0.333. The molecule has 2 rings (SSSR count). The van der Waals surface area contributed by atoms with Crippen LogP contribution in [-0.2, 0) is 19.7 Å². The van der Waals surface area contributed by atoms with Crippen molar-refractivity contribution in [2.75, 3.05) is 0 Å². The first-order valence-electron chi connectivity index (χ1n) is 7.16. The van der Waals surface area contributed by atoms with Gasteiger partial charge in [-0.3, -0.25) is 9.00 Å². The molecule has 0 bridgehead atoms. The van der Waals surface area contributed by atoms with Gasteiger partial charge in [-0.2, -0.15) is 0 Å². The van der Waals surface area contributed by atoms with E-state index < -0.39 is 20.2 Å². The van der Waals surface area contributed by atoms with E-state index in [-0.39, 0.29) is 5.41 Å². The molecule has 1 aromatic rings. The lowest BCUT2D eigenvalue weighted by atomic mass is 9.77. The van der Waals surface area contributed by atoms with Gasteiger partial charge in [0.2, 0.25) is 0 Å². The van der Waals surface area contributed by atoms with Crippen LogP contribution < -0.4 is 0 Å². The van der Waals surface area contributed by atoms with E-state index in [1.807, 2.05) is 30.4 Å². The highest BCUT2D eigenvalue weighted by molar-refractivity contribution is 8.05. The summed E-state index contributed by atoms with van der Waals surface area (Å²) in [5.74, 6) is 2.64. The molecule has 0 aromatic heterocycles. The highest BCUT2D eigenvalue weighted by Crippen LogP contribution is 2.36. The Bertz CT molecular complexity index is 740. The molecule has 1 aliphatic rings. The summed E-state index contributed by atoms with van der Waals surface area (Å²) in [4.78, 5) is 11.9. The van der Waals surface area contributed by atoms with E-state index in [1.54, 1.807) is 6.08 Å². The lowest BCUT2D eigenvalue weighted by Gasteiger charge is -2.32. The molecule has 1 N–H and O–H groups in total. The fourth-order valence-corrected chi connectivity index (χ4v) is 3.94. The lowest BCUT2D eigenvalue weighted by molar-refractivity contribution is -0.139. The number of benzene rings is 1. The standard InChI is InChI=1S/C18H22O3S/c1-17(2,16(19)20)22(4,21)15-10-12-18(3,13-11-15)14-8-6-5-7-9-14/h5-12H,4,13H2,1-3H3,(H,19,20). The molecule has 0 spiro atoms. The number of allylic oxidation sites excluding steroid dienone is 3. The molecular formula is C18H22O3S. The highest BCUT2D eigenvalue weighted by Gasteiger charge is 2.39. The van der Waals surface area contributed by atoms with Gasteiger partial charge in [-0.05, 0) is 31.7 Å². The normalized spacial score (nSPS) is 24.4. The topological polar surface area (TPSA) is 54.4 Å². The van der Waals surface area contributed by atoms with E-state index in [4.69, 9.17) is 0 Å². The van der Waals surface area contributed by atoms with Gasteiger partial charge in [0.05, 0.1) is 0 Å². The summed E-state index contributed by atoms with van der Waals surface area (Å²) >= 11 is 0. The predicted molar refractivity (Wildman–Crippen MR) is 92.6 cm³/mol. The number of carboxylic acid groups (broad SMARTS) is 1. The van der Waals surface area contributed by atoms with Crippen molar-refractivity contribution in [3.63, 3.8) is 0 Å². The van der Waals surface area contributed by atoms with Crippen LogP contribution in [0.4, 0.5) is 0 Å². The summed E-state index contributed by atoms with van der Waals surface area (Å²) in [5, 5.41) is 9.32. The third kappa shape index (κ3) is 2.63. The zero-order valence-electron chi connectivity index (χ0n) is 13.2. The highest BCUT2D eigenvalue weighted by atomic mass is 32.2. The third-order valence-electron chi connectivity index (χ3n) is 4.50. The van der Waals surface area contributed by atoms with Crippen LogP contribution >= 0.6 is 0 Å². The van der Waals surface area contributed by atoms with Gasteiger partial charge in [0.15, 0.2) is 0 Å². The Morgan fingerprint density at radius 2 is 1.91 bits per heavy atom. The molecule has 0 heterocycles. The van der Waals surface area contributed by atoms with E-state index in [1.165, 1.54) is 19.4 Å². The van der Waals surface area contributed by atoms with Crippen LogP contribution in [0.15, 0.2) is 53.5 Å². The fourth-order valence-electron chi connectivity index (χ4n) is 2.43. The number of rotatable bonds is 4. The van der Waals surface area contributed by atoms with Gasteiger partial charge in [-0.1, -0.05) is 55.5 Å². The lowest BCUT2D eigenvalue weighted by Crippen LogP contribution is -2.41. The van der Waals surface area contributed by atoms with E-state index in [0.29, 0.717) is 11.3 Å². The summed E-state index contributed by atoms with van der Waals surface area (Å²) in [6.45, 7) is 5.04. The van der Waals surface area contributed by atoms with Crippen molar-refractivity contribution >= 4 is 21.4 Å². The first-order chi connectivity index (χ1) is 10.1. The van der Waals surface area contributed by atoms with Crippen LogP contribution in [0.1, 0.15) is 32.8 Å². The van der Waals surface area contributed by atoms with Crippen LogP contribution in [0.2, 0.25) is 0 Å². The number of carbonyl (C=O) groups is 1. The average Bonchev–Trinajstić information content (AvgIpc) is 2.48. The molecule has 2 unspecified atom stereocenters. The molecule has 1 aliphatic carbocycles. The second-order valence-electron chi connectivity index (χ2n) is 6.42. The summed E-state index contributed by atoms with van der Waals surface area (Å²) in [5.41, 5.74) is 1.00. The van der Waals surface area contributed by atoms with Crippen molar-refractivity contribution in [3.8, 4) is 0 Å². The molecule has 0 radical (unpaired) electrons. The molecule has 0 saturated carbocycles. The van der Waals surface area contributed by atoms with Gasteiger partial charge < -0.3 is 5.11 Å². The maximum Gasteiger partial charge on any atom is 0.321 e. The Labute approximate surface area is 132 Å². The van der Waals surface area contributed by atoms with Crippen molar-refractivity contribution in [1.29, 1.82) is 0 Å². The quantitative estimate of drug-likeness (QED) is 0.866. The number of hydrogen-bond acceptors (Lipinski definition) is 2. The molecule has 0 saturated heterocycles. The summed E-state index contributed by atoms with van der Waals surface area (Å²) in [6, 6.07) is 10.1. The smallest absolute Gasteiger partial charge is 0.321 e.